The van der Waals surface area contributed by atoms with E-state index in [1.165, 1.54) is 238 Å². The predicted molar refractivity (Wildman–Crippen MR) is 528 cm³/mol. The summed E-state index contributed by atoms with van der Waals surface area (Å²) in [4.78, 5) is 59.2. The average molecular weight is 1790 g/mol. The largest absolute Gasteiger partial charge is 0.472 e. The lowest BCUT2D eigenvalue weighted by atomic mass is 10.0. The molecule has 18 heteroatoms. The van der Waals surface area contributed by atoms with Crippen molar-refractivity contribution < 1.29 is 75.8 Å². The molecule has 0 saturated heterocycles. The molecule has 0 radical (unpaired) electrons. The van der Waals surface area contributed by atoms with Crippen LogP contribution < -0.4 is 0 Å². The molecule has 5 atom stereocenters. The van der Waals surface area contributed by atoms with E-state index in [4.69, 9.17) is 32.3 Å². The minimum atomic E-state index is -4.95. The molecule has 720 valence electrons. The highest BCUT2D eigenvalue weighted by Crippen LogP contribution is 2.45. The van der Waals surface area contributed by atoms with Gasteiger partial charge in [-0.2, -0.15) is 0 Å². The fourth-order valence-corrected chi connectivity index (χ4v) is 15.6. The van der Waals surface area contributed by atoms with Gasteiger partial charge in [0.1, 0.15) is 25.4 Å². The Balaban J connectivity index is 4.60. The molecule has 0 aliphatic heterocycles. The summed E-state index contributed by atoms with van der Waals surface area (Å²) in [7, 11) is -9.82. The Morgan fingerprint density at radius 3 is 0.672 bits per heavy atom. The number of allylic oxidation sites excluding steroid dienone is 26. The van der Waals surface area contributed by atoms with E-state index in [0.29, 0.717) is 19.3 Å². The fraction of sp³-hybridized carbons (Fsp3) is 0.729. The third-order valence-corrected chi connectivity index (χ3v) is 23.6. The number of rotatable bonds is 96. The second-order valence-corrected chi connectivity index (χ2v) is 36.8. The van der Waals surface area contributed by atoms with E-state index in [9.17, 15) is 43.5 Å². The molecule has 16 nitrogen and oxygen atoms in total. The molecular formula is C107H186O16P2. The van der Waals surface area contributed by atoms with Gasteiger partial charge in [-0.25, -0.2) is 9.13 Å². The number of hydrogen-bond donors (Lipinski definition) is 4. The summed E-state index contributed by atoms with van der Waals surface area (Å²) in [5.74, 6) is -1.56. The summed E-state index contributed by atoms with van der Waals surface area (Å²) < 4.78 is 61.7. The Bertz CT molecular complexity index is 2900. The molecule has 0 heterocycles. The summed E-state index contributed by atoms with van der Waals surface area (Å²) in [5, 5.41) is 20.8. The van der Waals surface area contributed by atoms with Crippen LogP contribution in [-0.2, 0) is 55.8 Å². The van der Waals surface area contributed by atoms with E-state index in [-0.39, 0.29) is 19.3 Å². The first kappa shape index (κ1) is 120. The maximum atomic E-state index is 13.1. The van der Waals surface area contributed by atoms with Gasteiger partial charge in [0.05, 0.1) is 26.4 Å². The van der Waals surface area contributed by atoms with E-state index in [1.54, 1.807) is 0 Å². The number of carbonyl (C=O) groups is 3. The van der Waals surface area contributed by atoms with Gasteiger partial charge in [0.2, 0.25) is 0 Å². The molecular weight excluding hydrogens is 1600 g/mol. The van der Waals surface area contributed by atoms with Gasteiger partial charge in [-0.3, -0.25) is 32.5 Å². The van der Waals surface area contributed by atoms with Gasteiger partial charge in [0.25, 0.3) is 0 Å². The van der Waals surface area contributed by atoms with Crippen LogP contribution in [0.2, 0.25) is 0 Å². The van der Waals surface area contributed by atoms with Crippen molar-refractivity contribution in [2.75, 3.05) is 39.6 Å². The summed E-state index contributed by atoms with van der Waals surface area (Å²) in [6.07, 6.45) is 127. The topological polar surface area (TPSA) is 231 Å². The SMILES string of the molecule is CC/C=C\C/C=C\C/C=C\C/C=C\C/C=C\CCCCCCCCCCCCCCCCCCCC(=O)OCC(O)COP(=O)(O)OCC(O)COP(=O)(O)OCC(COC(=O)CCCCCCCCCCCCCCC/C=C\C/C=C\C/C=C\C/C=C\CCCCC)OC(=O)CCCCCCCCCCCCC/C=C\C/C=C\C/C=C\C/C=C\CCCCC. The first-order valence-corrected chi connectivity index (χ1v) is 53.8. The third kappa shape index (κ3) is 99.6. The highest BCUT2D eigenvalue weighted by molar-refractivity contribution is 7.47. The van der Waals surface area contributed by atoms with Gasteiger partial charge in [-0.1, -0.05) is 429 Å². The van der Waals surface area contributed by atoms with Crippen molar-refractivity contribution in [2.24, 2.45) is 0 Å². The molecule has 0 amide bonds. The molecule has 0 aliphatic carbocycles. The van der Waals surface area contributed by atoms with Crippen molar-refractivity contribution in [3.63, 3.8) is 0 Å². The molecule has 0 spiro atoms. The Labute approximate surface area is 765 Å². The van der Waals surface area contributed by atoms with Crippen molar-refractivity contribution >= 4 is 33.6 Å². The summed E-state index contributed by atoms with van der Waals surface area (Å²) in [6, 6.07) is 0. The molecule has 0 fully saturated rings. The number of phosphoric acid groups is 2. The van der Waals surface area contributed by atoms with Crippen LogP contribution in [-0.4, -0.2) is 95.9 Å². The van der Waals surface area contributed by atoms with Crippen LogP contribution in [0.15, 0.2) is 158 Å². The number of aliphatic hydroxyl groups is 2. The van der Waals surface area contributed by atoms with Crippen LogP contribution in [0.25, 0.3) is 0 Å². The Kier molecular flexibility index (Phi) is 94.4. The van der Waals surface area contributed by atoms with Gasteiger partial charge < -0.3 is 34.2 Å². The minimum Gasteiger partial charge on any atom is -0.463 e. The summed E-state index contributed by atoms with van der Waals surface area (Å²) in [5.41, 5.74) is 0. The maximum absolute atomic E-state index is 13.1. The second kappa shape index (κ2) is 98.2. The Morgan fingerprint density at radius 2 is 0.424 bits per heavy atom. The number of ether oxygens (including phenoxy) is 3. The maximum Gasteiger partial charge on any atom is 0.472 e. The first-order chi connectivity index (χ1) is 61.2. The van der Waals surface area contributed by atoms with Gasteiger partial charge in [0, 0.05) is 19.3 Å². The van der Waals surface area contributed by atoms with Crippen LogP contribution in [0.3, 0.4) is 0 Å². The van der Waals surface area contributed by atoms with Crippen molar-refractivity contribution in [1.29, 1.82) is 0 Å². The van der Waals surface area contributed by atoms with Crippen LogP contribution in [0, 0.1) is 0 Å². The number of aliphatic hydroxyl groups excluding tert-OH is 2. The number of hydrogen-bond acceptors (Lipinski definition) is 14. The van der Waals surface area contributed by atoms with Gasteiger partial charge in [-0.15, -0.1) is 0 Å². The van der Waals surface area contributed by atoms with Gasteiger partial charge in [-0.05, 0) is 154 Å². The molecule has 0 aromatic heterocycles. The molecule has 0 bridgehead atoms. The number of phosphoric ester groups is 2. The molecule has 0 aromatic rings. The molecule has 0 saturated carbocycles. The molecule has 125 heavy (non-hydrogen) atoms. The zero-order chi connectivity index (χ0) is 90.7. The van der Waals surface area contributed by atoms with Gasteiger partial charge in [0.15, 0.2) is 6.10 Å². The molecule has 0 aromatic carbocycles. The van der Waals surface area contributed by atoms with Crippen molar-refractivity contribution in [1.82, 2.24) is 0 Å². The number of unbranched alkanes of at least 4 members (excludes halogenated alkanes) is 47. The molecule has 0 rings (SSSR count). The standard InChI is InChI=1S/C107H186O16P2/c1-4-7-10-13-16-19-22-25-28-31-34-37-40-43-46-48-49-50-51-53-56-57-60-63-66-69-72-75-78-81-84-87-90-93-105(110)117-96-102(108)97-119-124(113,114)120-98-103(109)99-121-125(115,116)122-101-104(123-107(112)95-92-89-86-83-80-77-74-71-68-65-62-59-54-45-42-39-36-33-30-27-24-21-18-15-12-9-6-3)100-118-106(111)94-91-88-85-82-79-76-73-70-67-64-61-58-55-52-47-44-41-38-35-32-29-26-23-20-17-14-11-8-5-2/h7,10,16-21,25-30,34-39,43-47,54,102-104,108-109H,4-6,8-9,11-15,22-24,31-33,40-42,48-53,55-101H2,1-3H3,(H,113,114)(H,115,116)/b10-7-,19-16-,20-17-,21-18-,28-25-,29-26-,30-27-,37-34-,38-35-,39-36-,46-43-,47-44-,54-45-. The van der Waals surface area contributed by atoms with E-state index >= 15 is 0 Å². The normalized spacial score (nSPS) is 14.3. The number of carbonyl (C=O) groups excluding carboxylic acids is 3. The summed E-state index contributed by atoms with van der Waals surface area (Å²) in [6.45, 7) is 2.59. The van der Waals surface area contributed by atoms with Crippen LogP contribution in [0.4, 0.5) is 0 Å². The van der Waals surface area contributed by atoms with E-state index in [1.807, 2.05) is 0 Å². The Hall–Kier alpha value is -4.83. The minimum absolute atomic E-state index is 0.0986. The van der Waals surface area contributed by atoms with Gasteiger partial charge >= 0.3 is 33.6 Å². The van der Waals surface area contributed by atoms with E-state index in [0.717, 1.165) is 148 Å². The lowest BCUT2D eigenvalue weighted by Gasteiger charge is -2.21. The van der Waals surface area contributed by atoms with Crippen molar-refractivity contribution in [3.05, 3.63) is 158 Å². The summed E-state index contributed by atoms with van der Waals surface area (Å²) >= 11 is 0. The lowest BCUT2D eigenvalue weighted by molar-refractivity contribution is -0.161. The quantitative estimate of drug-likeness (QED) is 0.0146. The third-order valence-electron chi connectivity index (χ3n) is 21.7. The fourth-order valence-electron chi connectivity index (χ4n) is 14.0. The average Bonchev–Trinajstić information content (AvgIpc) is 0.902. The smallest absolute Gasteiger partial charge is 0.463 e. The van der Waals surface area contributed by atoms with Crippen LogP contribution >= 0.6 is 15.6 Å². The van der Waals surface area contributed by atoms with E-state index < -0.39 is 91.5 Å². The van der Waals surface area contributed by atoms with E-state index in [2.05, 4.69) is 179 Å². The molecule has 0 aliphatic rings. The highest BCUT2D eigenvalue weighted by Gasteiger charge is 2.30. The highest BCUT2D eigenvalue weighted by atomic mass is 31.2. The number of esters is 3. The second-order valence-electron chi connectivity index (χ2n) is 33.9. The first-order valence-electron chi connectivity index (χ1n) is 50.8. The Morgan fingerprint density at radius 1 is 0.232 bits per heavy atom. The van der Waals surface area contributed by atoms with Crippen LogP contribution in [0.1, 0.15) is 445 Å². The zero-order valence-electron chi connectivity index (χ0n) is 79.7. The lowest BCUT2D eigenvalue weighted by Crippen LogP contribution is -2.30. The monoisotopic (exact) mass is 1790 g/mol. The zero-order valence-corrected chi connectivity index (χ0v) is 81.5. The van der Waals surface area contributed by atoms with Crippen molar-refractivity contribution in [3.8, 4) is 0 Å². The molecule has 5 unspecified atom stereocenters. The van der Waals surface area contributed by atoms with Crippen molar-refractivity contribution in [2.45, 2.75) is 463 Å². The molecule has 4 N–H and O–H groups in total. The predicted octanol–water partition coefficient (Wildman–Crippen LogP) is 32.0. The van der Waals surface area contributed by atoms with Crippen LogP contribution in [0.5, 0.6) is 0 Å².